The fourth-order valence-corrected chi connectivity index (χ4v) is 3.91. The number of methoxy groups -OCH3 is 4. The molecule has 166 valence electrons. The molecule has 0 fully saturated rings. The summed E-state index contributed by atoms with van der Waals surface area (Å²) in [5, 5.41) is 2.84. The van der Waals surface area contributed by atoms with Crippen LogP contribution in [0.2, 0.25) is 0 Å². The summed E-state index contributed by atoms with van der Waals surface area (Å²) >= 11 is 0. The van der Waals surface area contributed by atoms with Crippen LogP contribution in [-0.2, 0) is 11.2 Å². The highest BCUT2D eigenvalue weighted by atomic mass is 16.5. The van der Waals surface area contributed by atoms with Gasteiger partial charge in [0, 0.05) is 5.56 Å². The van der Waals surface area contributed by atoms with Crippen molar-refractivity contribution in [2.45, 2.75) is 25.8 Å². The number of hydrogen-bond donors (Lipinski definition) is 1. The molecular weight excluding hydrogens is 402 g/mol. The lowest BCUT2D eigenvalue weighted by molar-refractivity contribution is 0.166. The molecule has 0 radical (unpaired) electrons. The molecule has 0 saturated carbocycles. The molecule has 0 aliphatic heterocycles. The number of amides is 1. The van der Waals surface area contributed by atoms with Crippen LogP contribution >= 0.6 is 0 Å². The van der Waals surface area contributed by atoms with E-state index in [-0.39, 0.29) is 11.2 Å². The molecule has 1 amide bonds. The van der Waals surface area contributed by atoms with Gasteiger partial charge in [0.25, 0.3) is 0 Å². The first-order valence-corrected chi connectivity index (χ1v) is 9.96. The minimum absolute atomic E-state index is 0.199. The molecule has 3 rings (SSSR count). The average molecular weight is 429 g/mol. The average Bonchev–Trinajstić information content (AvgIpc) is 3.02. The molecule has 1 atom stereocenters. The van der Waals surface area contributed by atoms with E-state index in [1.165, 1.54) is 20.3 Å². The number of carbonyl (C=O) groups excluding carboxylic acids is 1. The summed E-state index contributed by atoms with van der Waals surface area (Å²) in [4.78, 5) is 24.8. The second kappa shape index (κ2) is 9.59. The van der Waals surface area contributed by atoms with E-state index in [1.54, 1.807) is 26.4 Å². The highest BCUT2D eigenvalue weighted by Crippen LogP contribution is 2.50. The Bertz CT molecular complexity index is 1040. The van der Waals surface area contributed by atoms with Crippen molar-refractivity contribution in [2.24, 2.45) is 0 Å². The third-order valence-corrected chi connectivity index (χ3v) is 5.28. The first-order chi connectivity index (χ1) is 15.0. The fourth-order valence-electron chi connectivity index (χ4n) is 3.91. The van der Waals surface area contributed by atoms with Crippen molar-refractivity contribution in [1.82, 2.24) is 5.32 Å². The number of hydrogen-bond acceptors (Lipinski definition) is 7. The molecule has 1 unspecified atom stereocenters. The van der Waals surface area contributed by atoms with Crippen molar-refractivity contribution >= 4 is 6.09 Å². The van der Waals surface area contributed by atoms with Gasteiger partial charge in [0.15, 0.2) is 17.2 Å². The van der Waals surface area contributed by atoms with Gasteiger partial charge in [0.1, 0.15) is 0 Å². The van der Waals surface area contributed by atoms with Crippen LogP contribution in [0.3, 0.4) is 0 Å². The number of nitrogens with one attached hydrogen (secondary N) is 1. The van der Waals surface area contributed by atoms with Gasteiger partial charge in [0.2, 0.25) is 11.2 Å². The van der Waals surface area contributed by atoms with Crippen LogP contribution in [0.5, 0.6) is 23.0 Å². The van der Waals surface area contributed by atoms with Crippen molar-refractivity contribution in [2.75, 3.05) is 35.0 Å². The zero-order valence-corrected chi connectivity index (χ0v) is 18.4. The summed E-state index contributed by atoms with van der Waals surface area (Å²) in [6.07, 6.45) is 0.573. The molecule has 0 heterocycles. The van der Waals surface area contributed by atoms with Gasteiger partial charge in [-0.2, -0.15) is 0 Å². The van der Waals surface area contributed by atoms with Crippen LogP contribution in [0.15, 0.2) is 29.1 Å². The zero-order chi connectivity index (χ0) is 22.5. The standard InChI is InChI=1S/C23H27NO7/c1-6-31-22-20-13(11-19(28-3)21(22)29-4)7-9-16(24-23(26)30-5)15-12-17(25)18(27-2)10-8-14(15)20/h8,10-12,16H,6-7,9H2,1-5H3,(H,24,26). The molecule has 0 spiro atoms. The Hall–Kier alpha value is -3.42. The molecule has 8 heteroatoms. The second-order valence-electron chi connectivity index (χ2n) is 6.91. The maximum absolute atomic E-state index is 12.7. The lowest BCUT2D eigenvalue weighted by atomic mass is 9.95. The third-order valence-electron chi connectivity index (χ3n) is 5.28. The van der Waals surface area contributed by atoms with Crippen molar-refractivity contribution < 1.29 is 28.5 Å². The van der Waals surface area contributed by atoms with Gasteiger partial charge >= 0.3 is 6.09 Å². The largest absolute Gasteiger partial charge is 0.493 e. The summed E-state index contributed by atoms with van der Waals surface area (Å²) in [6.45, 7) is 2.29. The number of rotatable bonds is 6. The monoisotopic (exact) mass is 429 g/mol. The number of ether oxygens (including phenoxy) is 5. The quantitative estimate of drug-likeness (QED) is 0.751. The number of alkyl carbamates (subject to hydrolysis) is 1. The normalized spacial score (nSPS) is 14.4. The van der Waals surface area contributed by atoms with Gasteiger partial charge in [-0.3, -0.25) is 4.79 Å². The number of benzene rings is 1. The molecule has 1 aliphatic rings. The molecular formula is C23H27NO7. The van der Waals surface area contributed by atoms with Crippen molar-refractivity contribution in [1.29, 1.82) is 0 Å². The molecule has 0 aromatic heterocycles. The molecule has 2 aromatic carbocycles. The Kier molecular flexibility index (Phi) is 6.89. The Morgan fingerprint density at radius 1 is 1.03 bits per heavy atom. The van der Waals surface area contributed by atoms with E-state index in [2.05, 4.69) is 5.32 Å². The topological polar surface area (TPSA) is 92.3 Å². The highest BCUT2D eigenvalue weighted by molar-refractivity contribution is 5.83. The van der Waals surface area contributed by atoms with Gasteiger partial charge in [-0.05, 0) is 54.7 Å². The maximum atomic E-state index is 12.7. The highest BCUT2D eigenvalue weighted by Gasteiger charge is 2.30. The SMILES string of the molecule is CCOc1c(OC)c(OC)cc2c1-c1ccc(OC)c(=O)cc1C(NC(=O)OC)CC2. The molecule has 1 N–H and O–H groups in total. The van der Waals surface area contributed by atoms with E-state index < -0.39 is 12.1 Å². The van der Waals surface area contributed by atoms with E-state index in [0.717, 1.165) is 16.7 Å². The number of fused-ring (bicyclic) bond motifs is 3. The molecule has 0 bridgehead atoms. The second-order valence-corrected chi connectivity index (χ2v) is 6.91. The molecule has 0 saturated heterocycles. The Morgan fingerprint density at radius 3 is 2.39 bits per heavy atom. The van der Waals surface area contributed by atoms with E-state index >= 15 is 0 Å². The Balaban J connectivity index is 2.39. The van der Waals surface area contributed by atoms with Crippen molar-refractivity contribution in [3.63, 3.8) is 0 Å². The number of aryl methyl sites for hydroxylation is 1. The van der Waals surface area contributed by atoms with Gasteiger partial charge in [-0.15, -0.1) is 0 Å². The lowest BCUT2D eigenvalue weighted by Crippen LogP contribution is -2.28. The molecule has 1 aliphatic carbocycles. The lowest BCUT2D eigenvalue weighted by Gasteiger charge is -2.20. The van der Waals surface area contributed by atoms with Crippen LogP contribution in [0.4, 0.5) is 4.79 Å². The van der Waals surface area contributed by atoms with Gasteiger partial charge in [-0.25, -0.2) is 4.79 Å². The summed E-state index contributed by atoms with van der Waals surface area (Å²) < 4.78 is 27.2. The van der Waals surface area contributed by atoms with E-state index in [1.807, 2.05) is 13.0 Å². The first-order valence-electron chi connectivity index (χ1n) is 9.96. The Morgan fingerprint density at radius 2 is 1.77 bits per heavy atom. The molecule has 31 heavy (non-hydrogen) atoms. The maximum Gasteiger partial charge on any atom is 0.407 e. The third kappa shape index (κ3) is 4.23. The van der Waals surface area contributed by atoms with E-state index in [0.29, 0.717) is 42.3 Å². The van der Waals surface area contributed by atoms with Gasteiger partial charge < -0.3 is 29.0 Å². The van der Waals surface area contributed by atoms with Crippen LogP contribution < -0.4 is 29.7 Å². The van der Waals surface area contributed by atoms with E-state index in [4.69, 9.17) is 23.7 Å². The molecule has 2 aromatic rings. The van der Waals surface area contributed by atoms with Gasteiger partial charge in [0.05, 0.1) is 41.1 Å². The first kappa shape index (κ1) is 22.3. The smallest absolute Gasteiger partial charge is 0.407 e. The summed E-state index contributed by atoms with van der Waals surface area (Å²) in [7, 11) is 5.87. The summed E-state index contributed by atoms with van der Waals surface area (Å²) in [6, 6.07) is 6.38. The number of carbonyl (C=O) groups is 1. The van der Waals surface area contributed by atoms with Gasteiger partial charge in [-0.1, -0.05) is 6.07 Å². The van der Waals surface area contributed by atoms with Crippen LogP contribution in [-0.4, -0.2) is 41.1 Å². The minimum Gasteiger partial charge on any atom is -0.493 e. The summed E-state index contributed by atoms with van der Waals surface area (Å²) in [5.41, 5.74) is 2.84. The fraction of sp³-hybridized carbons (Fsp3) is 0.391. The van der Waals surface area contributed by atoms with Crippen molar-refractivity contribution in [3.05, 3.63) is 45.6 Å². The zero-order valence-electron chi connectivity index (χ0n) is 18.4. The minimum atomic E-state index is -0.576. The predicted octanol–water partition coefficient (Wildman–Crippen LogP) is 3.48. The molecule has 8 nitrogen and oxygen atoms in total. The van der Waals surface area contributed by atoms with Crippen LogP contribution in [0, 0.1) is 0 Å². The van der Waals surface area contributed by atoms with Crippen LogP contribution in [0.25, 0.3) is 11.1 Å². The summed E-state index contributed by atoms with van der Waals surface area (Å²) in [5.74, 6) is 1.74. The van der Waals surface area contributed by atoms with Crippen molar-refractivity contribution in [3.8, 4) is 34.1 Å². The van der Waals surface area contributed by atoms with Crippen LogP contribution in [0.1, 0.15) is 30.5 Å². The Labute approximate surface area is 181 Å². The van der Waals surface area contributed by atoms with E-state index in [9.17, 15) is 9.59 Å². The predicted molar refractivity (Wildman–Crippen MR) is 116 cm³/mol.